The first-order valence-electron chi connectivity index (χ1n) is 7.20. The third-order valence-corrected chi connectivity index (χ3v) is 4.36. The predicted molar refractivity (Wildman–Crippen MR) is 97.3 cm³/mol. The summed E-state index contributed by atoms with van der Waals surface area (Å²) in [5, 5.41) is 11.6. The standard InChI is InChI=1S/C18H14N2O3S/c1-23-16-8-4-2-6-13(16)7-3-5-9-18-19-15-12-14(20(21)22)10-11-17(15)24-18/h2-12H,1H3/b7-3+,9-5+. The average Bonchev–Trinajstić information content (AvgIpc) is 3.00. The SMILES string of the molecule is COc1ccccc1/C=C/C=C/c1nc2cc([N+](=O)[O-])ccc2s1. The number of aromatic nitrogens is 1. The first kappa shape index (κ1) is 15.9. The van der Waals surface area contributed by atoms with Gasteiger partial charge in [0.25, 0.3) is 5.69 Å². The zero-order valence-electron chi connectivity index (χ0n) is 12.9. The van der Waals surface area contributed by atoms with Gasteiger partial charge in [-0.05, 0) is 18.2 Å². The van der Waals surface area contributed by atoms with Crippen LogP contribution in [0.3, 0.4) is 0 Å². The number of rotatable bonds is 5. The summed E-state index contributed by atoms with van der Waals surface area (Å²) < 4.78 is 6.22. The molecule has 24 heavy (non-hydrogen) atoms. The number of methoxy groups -OCH3 is 1. The van der Waals surface area contributed by atoms with E-state index < -0.39 is 4.92 Å². The number of benzene rings is 2. The zero-order valence-corrected chi connectivity index (χ0v) is 13.7. The molecule has 0 aliphatic carbocycles. The van der Waals surface area contributed by atoms with Crippen LogP contribution < -0.4 is 4.74 Å². The maximum atomic E-state index is 10.8. The van der Waals surface area contributed by atoms with Crippen LogP contribution in [-0.2, 0) is 0 Å². The number of para-hydroxylation sites is 1. The molecule has 0 bridgehead atoms. The fraction of sp³-hybridized carbons (Fsp3) is 0.0556. The topological polar surface area (TPSA) is 65.3 Å². The second-order valence-electron chi connectivity index (χ2n) is 4.92. The van der Waals surface area contributed by atoms with Crippen molar-refractivity contribution in [3.05, 3.63) is 75.3 Å². The Morgan fingerprint density at radius 3 is 2.75 bits per heavy atom. The van der Waals surface area contributed by atoms with Gasteiger partial charge >= 0.3 is 0 Å². The molecule has 0 radical (unpaired) electrons. The van der Waals surface area contributed by atoms with Crippen molar-refractivity contribution in [2.45, 2.75) is 0 Å². The lowest BCUT2D eigenvalue weighted by Crippen LogP contribution is -1.86. The molecule has 2 aromatic carbocycles. The number of fused-ring (bicyclic) bond motifs is 1. The molecule has 0 unspecified atom stereocenters. The second-order valence-corrected chi connectivity index (χ2v) is 5.98. The Hall–Kier alpha value is -2.99. The fourth-order valence-corrected chi connectivity index (χ4v) is 3.08. The molecule has 0 amide bonds. The summed E-state index contributed by atoms with van der Waals surface area (Å²) in [5.41, 5.74) is 1.69. The molecular formula is C18H14N2O3S. The van der Waals surface area contributed by atoms with Gasteiger partial charge < -0.3 is 4.74 Å². The minimum absolute atomic E-state index is 0.0550. The van der Waals surface area contributed by atoms with Crippen molar-refractivity contribution in [3.8, 4) is 5.75 Å². The van der Waals surface area contributed by atoms with Crippen molar-refractivity contribution < 1.29 is 9.66 Å². The summed E-state index contributed by atoms with van der Waals surface area (Å²) in [7, 11) is 1.64. The van der Waals surface area contributed by atoms with Crippen LogP contribution in [-0.4, -0.2) is 17.0 Å². The Kier molecular flexibility index (Phi) is 4.67. The highest BCUT2D eigenvalue weighted by molar-refractivity contribution is 7.19. The first-order chi connectivity index (χ1) is 11.7. The molecule has 0 fully saturated rings. The molecule has 6 heteroatoms. The van der Waals surface area contributed by atoms with Crippen molar-refractivity contribution in [1.82, 2.24) is 4.98 Å². The van der Waals surface area contributed by atoms with Crippen LogP contribution in [0, 0.1) is 10.1 Å². The number of nitrogens with zero attached hydrogens (tertiary/aromatic N) is 2. The van der Waals surface area contributed by atoms with Gasteiger partial charge in [0.2, 0.25) is 0 Å². The van der Waals surface area contributed by atoms with E-state index in [0.717, 1.165) is 21.0 Å². The number of thiazole rings is 1. The van der Waals surface area contributed by atoms with E-state index in [1.54, 1.807) is 13.2 Å². The highest BCUT2D eigenvalue weighted by atomic mass is 32.1. The van der Waals surface area contributed by atoms with Gasteiger partial charge in [-0.1, -0.05) is 36.4 Å². The maximum Gasteiger partial charge on any atom is 0.271 e. The van der Waals surface area contributed by atoms with E-state index in [1.165, 1.54) is 23.5 Å². The highest BCUT2D eigenvalue weighted by Crippen LogP contribution is 2.26. The average molecular weight is 338 g/mol. The second kappa shape index (κ2) is 7.06. The van der Waals surface area contributed by atoms with Crippen molar-refractivity contribution in [1.29, 1.82) is 0 Å². The Labute approximate surface area is 142 Å². The van der Waals surface area contributed by atoms with Gasteiger partial charge in [0, 0.05) is 17.7 Å². The lowest BCUT2D eigenvalue weighted by molar-refractivity contribution is -0.384. The summed E-state index contributed by atoms with van der Waals surface area (Å²) >= 11 is 1.49. The molecular weight excluding hydrogens is 324 g/mol. The van der Waals surface area contributed by atoms with E-state index in [-0.39, 0.29) is 5.69 Å². The smallest absolute Gasteiger partial charge is 0.271 e. The van der Waals surface area contributed by atoms with Crippen LogP contribution in [0.25, 0.3) is 22.4 Å². The van der Waals surface area contributed by atoms with Gasteiger partial charge in [0.05, 0.1) is 22.2 Å². The Morgan fingerprint density at radius 1 is 1.17 bits per heavy atom. The Morgan fingerprint density at radius 2 is 1.96 bits per heavy atom. The largest absolute Gasteiger partial charge is 0.496 e. The van der Waals surface area contributed by atoms with Crippen molar-refractivity contribution >= 4 is 39.4 Å². The maximum absolute atomic E-state index is 10.8. The number of hydrogen-bond donors (Lipinski definition) is 0. The van der Waals surface area contributed by atoms with Gasteiger partial charge in [-0.3, -0.25) is 10.1 Å². The number of non-ortho nitro benzene ring substituents is 1. The molecule has 5 nitrogen and oxygen atoms in total. The van der Waals surface area contributed by atoms with E-state index in [9.17, 15) is 10.1 Å². The van der Waals surface area contributed by atoms with E-state index in [4.69, 9.17) is 4.74 Å². The lowest BCUT2D eigenvalue weighted by Gasteiger charge is -2.02. The van der Waals surface area contributed by atoms with Crippen LogP contribution in [0.5, 0.6) is 5.75 Å². The van der Waals surface area contributed by atoms with E-state index in [0.29, 0.717) is 5.52 Å². The lowest BCUT2D eigenvalue weighted by atomic mass is 10.2. The number of nitro benzene ring substituents is 1. The third-order valence-electron chi connectivity index (χ3n) is 3.36. The number of ether oxygens (including phenoxy) is 1. The molecule has 3 rings (SSSR count). The molecule has 1 aromatic heterocycles. The summed E-state index contributed by atoms with van der Waals surface area (Å²) in [6, 6.07) is 12.5. The van der Waals surface area contributed by atoms with Crippen LogP contribution in [0.15, 0.2) is 54.6 Å². The van der Waals surface area contributed by atoms with Gasteiger partial charge in [-0.25, -0.2) is 4.98 Å². The highest BCUT2D eigenvalue weighted by Gasteiger charge is 2.08. The number of allylic oxidation sites excluding steroid dienone is 2. The van der Waals surface area contributed by atoms with Gasteiger partial charge in [0.1, 0.15) is 10.8 Å². The quantitative estimate of drug-likeness (QED) is 0.375. The summed E-state index contributed by atoms with van der Waals surface area (Å²) in [5.74, 6) is 0.814. The molecule has 0 spiro atoms. The van der Waals surface area contributed by atoms with Crippen LogP contribution >= 0.6 is 11.3 Å². The van der Waals surface area contributed by atoms with Gasteiger partial charge in [-0.2, -0.15) is 0 Å². The molecule has 0 saturated carbocycles. The van der Waals surface area contributed by atoms with E-state index in [2.05, 4.69) is 4.98 Å². The van der Waals surface area contributed by atoms with E-state index >= 15 is 0 Å². The third kappa shape index (κ3) is 3.49. The number of hydrogen-bond acceptors (Lipinski definition) is 5. The zero-order chi connectivity index (χ0) is 16.9. The van der Waals surface area contributed by atoms with Crippen LogP contribution in [0.2, 0.25) is 0 Å². The van der Waals surface area contributed by atoms with Gasteiger partial charge in [-0.15, -0.1) is 11.3 Å². The Bertz CT molecular complexity index is 944. The summed E-state index contributed by atoms with van der Waals surface area (Å²) in [6.45, 7) is 0. The molecule has 0 N–H and O–H groups in total. The molecule has 0 aliphatic heterocycles. The van der Waals surface area contributed by atoms with Crippen molar-refractivity contribution in [3.63, 3.8) is 0 Å². The van der Waals surface area contributed by atoms with E-state index in [1.807, 2.05) is 48.6 Å². The predicted octanol–water partition coefficient (Wildman–Crippen LogP) is 4.94. The molecule has 3 aromatic rings. The Balaban J connectivity index is 1.78. The van der Waals surface area contributed by atoms with Crippen LogP contribution in [0.1, 0.15) is 10.6 Å². The summed E-state index contributed by atoms with van der Waals surface area (Å²) in [6.07, 6.45) is 7.63. The monoisotopic (exact) mass is 338 g/mol. The van der Waals surface area contributed by atoms with Crippen molar-refractivity contribution in [2.24, 2.45) is 0 Å². The summed E-state index contributed by atoms with van der Waals surface area (Å²) in [4.78, 5) is 14.8. The molecule has 120 valence electrons. The number of nitro groups is 1. The minimum Gasteiger partial charge on any atom is -0.496 e. The van der Waals surface area contributed by atoms with Crippen LogP contribution in [0.4, 0.5) is 5.69 Å². The fourth-order valence-electron chi connectivity index (χ4n) is 2.22. The minimum atomic E-state index is -0.412. The normalized spacial score (nSPS) is 11.5. The molecule has 0 saturated heterocycles. The molecule has 0 aliphatic rings. The van der Waals surface area contributed by atoms with Gasteiger partial charge in [0.15, 0.2) is 0 Å². The first-order valence-corrected chi connectivity index (χ1v) is 8.02. The molecule has 1 heterocycles. The van der Waals surface area contributed by atoms with Crippen molar-refractivity contribution in [2.75, 3.05) is 7.11 Å². The molecule has 0 atom stereocenters.